The fourth-order valence-corrected chi connectivity index (χ4v) is 1.99. The van der Waals surface area contributed by atoms with Crippen LogP contribution < -0.4 is 0 Å². The average Bonchev–Trinajstić information content (AvgIpc) is 2.42. The molecular weight excluding hydrogens is 242 g/mol. The highest BCUT2D eigenvalue weighted by molar-refractivity contribution is 5.81. The zero-order chi connectivity index (χ0) is 14.3. The van der Waals surface area contributed by atoms with Crippen LogP contribution in [0.15, 0.2) is 30.3 Å². The van der Waals surface area contributed by atoms with Gasteiger partial charge in [0, 0.05) is 13.0 Å². The van der Waals surface area contributed by atoms with Crippen LogP contribution in [0.1, 0.15) is 38.2 Å². The molecule has 0 radical (unpaired) electrons. The lowest BCUT2D eigenvalue weighted by molar-refractivity contribution is -0.144. The molecule has 0 bridgehead atoms. The molecule has 0 saturated carbocycles. The number of rotatable bonds is 7. The van der Waals surface area contributed by atoms with Gasteiger partial charge in [-0.15, -0.1) is 0 Å². The number of carbonyl (C=O) groups is 2. The second-order valence-corrected chi connectivity index (χ2v) is 4.65. The summed E-state index contributed by atoms with van der Waals surface area (Å²) in [4.78, 5) is 23.9. The standard InChI is InChI=1S/C15H21NO3/c1-3-16(11-15(18)19)14(17)10-9-12(2)13-7-5-4-6-8-13/h4-8,12H,3,9-11H2,1-2H3,(H,18,19). The van der Waals surface area contributed by atoms with E-state index in [9.17, 15) is 9.59 Å². The van der Waals surface area contributed by atoms with Crippen LogP contribution in [0.4, 0.5) is 0 Å². The van der Waals surface area contributed by atoms with Crippen molar-refractivity contribution in [2.24, 2.45) is 0 Å². The van der Waals surface area contributed by atoms with Gasteiger partial charge in [0.25, 0.3) is 0 Å². The molecule has 1 amide bonds. The number of carboxylic acid groups (broad SMARTS) is 1. The third-order valence-electron chi connectivity index (χ3n) is 3.22. The summed E-state index contributed by atoms with van der Waals surface area (Å²) in [6, 6.07) is 10.0. The minimum atomic E-state index is -0.966. The predicted molar refractivity (Wildman–Crippen MR) is 74.0 cm³/mol. The summed E-state index contributed by atoms with van der Waals surface area (Å²) in [6.07, 6.45) is 1.12. The Kier molecular flexibility index (Phi) is 6.06. The molecule has 0 spiro atoms. The predicted octanol–water partition coefficient (Wildman–Crippen LogP) is 2.50. The lowest BCUT2D eigenvalue weighted by Crippen LogP contribution is -2.35. The Bertz CT molecular complexity index is 417. The molecule has 4 heteroatoms. The van der Waals surface area contributed by atoms with Crippen LogP contribution in [-0.4, -0.2) is 35.0 Å². The third-order valence-corrected chi connectivity index (χ3v) is 3.22. The highest BCUT2D eigenvalue weighted by Gasteiger charge is 2.16. The molecule has 1 atom stereocenters. The first-order chi connectivity index (χ1) is 9.04. The molecular formula is C15H21NO3. The third kappa shape index (κ3) is 5.12. The van der Waals surface area contributed by atoms with Crippen molar-refractivity contribution < 1.29 is 14.7 Å². The van der Waals surface area contributed by atoms with Crippen molar-refractivity contribution in [1.29, 1.82) is 0 Å². The Labute approximate surface area is 114 Å². The van der Waals surface area contributed by atoms with Gasteiger partial charge in [-0.1, -0.05) is 37.3 Å². The lowest BCUT2D eigenvalue weighted by Gasteiger charge is -2.19. The fraction of sp³-hybridized carbons (Fsp3) is 0.467. The van der Waals surface area contributed by atoms with Crippen molar-refractivity contribution in [2.45, 2.75) is 32.6 Å². The summed E-state index contributed by atoms with van der Waals surface area (Å²) < 4.78 is 0. The Morgan fingerprint density at radius 2 is 1.89 bits per heavy atom. The molecule has 0 aliphatic rings. The number of hydrogen-bond acceptors (Lipinski definition) is 2. The van der Waals surface area contributed by atoms with Gasteiger partial charge >= 0.3 is 5.97 Å². The zero-order valence-corrected chi connectivity index (χ0v) is 11.5. The number of benzene rings is 1. The second kappa shape index (κ2) is 7.56. The molecule has 0 aromatic heterocycles. The molecule has 19 heavy (non-hydrogen) atoms. The van der Waals surface area contributed by atoms with E-state index in [0.717, 1.165) is 6.42 Å². The fourth-order valence-electron chi connectivity index (χ4n) is 1.99. The first-order valence-electron chi connectivity index (χ1n) is 6.59. The van der Waals surface area contributed by atoms with Crippen LogP contribution in [0.2, 0.25) is 0 Å². The van der Waals surface area contributed by atoms with Gasteiger partial charge in [-0.2, -0.15) is 0 Å². The van der Waals surface area contributed by atoms with Crippen LogP contribution in [-0.2, 0) is 9.59 Å². The summed E-state index contributed by atoms with van der Waals surface area (Å²) in [6.45, 7) is 4.09. The van der Waals surface area contributed by atoms with Crippen LogP contribution in [0, 0.1) is 0 Å². The highest BCUT2D eigenvalue weighted by atomic mass is 16.4. The Hall–Kier alpha value is -1.84. The summed E-state index contributed by atoms with van der Waals surface area (Å²) in [5.41, 5.74) is 1.21. The zero-order valence-electron chi connectivity index (χ0n) is 11.5. The van der Waals surface area contributed by atoms with Gasteiger partial charge in [0.15, 0.2) is 0 Å². The number of likely N-dealkylation sites (N-methyl/N-ethyl adjacent to an activating group) is 1. The molecule has 4 nitrogen and oxygen atoms in total. The van der Waals surface area contributed by atoms with Crippen molar-refractivity contribution in [2.75, 3.05) is 13.1 Å². The Morgan fingerprint density at radius 1 is 1.26 bits per heavy atom. The van der Waals surface area contributed by atoms with E-state index in [1.54, 1.807) is 6.92 Å². The van der Waals surface area contributed by atoms with Gasteiger partial charge in [0.05, 0.1) is 0 Å². The van der Waals surface area contributed by atoms with Crippen molar-refractivity contribution in [3.63, 3.8) is 0 Å². The van der Waals surface area contributed by atoms with Gasteiger partial charge in [0.2, 0.25) is 5.91 Å². The van der Waals surface area contributed by atoms with E-state index >= 15 is 0 Å². The highest BCUT2D eigenvalue weighted by Crippen LogP contribution is 2.20. The molecule has 0 fully saturated rings. The first-order valence-corrected chi connectivity index (χ1v) is 6.59. The topological polar surface area (TPSA) is 57.6 Å². The van der Waals surface area contributed by atoms with Gasteiger partial charge in [-0.25, -0.2) is 0 Å². The van der Waals surface area contributed by atoms with Crippen LogP contribution in [0.3, 0.4) is 0 Å². The monoisotopic (exact) mass is 263 g/mol. The Morgan fingerprint density at radius 3 is 2.42 bits per heavy atom. The van der Waals surface area contributed by atoms with E-state index in [1.165, 1.54) is 10.5 Å². The maximum Gasteiger partial charge on any atom is 0.323 e. The van der Waals surface area contributed by atoms with Crippen molar-refractivity contribution in [3.8, 4) is 0 Å². The van der Waals surface area contributed by atoms with E-state index < -0.39 is 5.97 Å². The largest absolute Gasteiger partial charge is 0.480 e. The molecule has 104 valence electrons. The minimum Gasteiger partial charge on any atom is -0.480 e. The minimum absolute atomic E-state index is 0.0901. The van der Waals surface area contributed by atoms with Crippen molar-refractivity contribution in [3.05, 3.63) is 35.9 Å². The number of carboxylic acids is 1. The molecule has 1 rings (SSSR count). The van der Waals surface area contributed by atoms with Gasteiger partial charge in [-0.3, -0.25) is 9.59 Å². The molecule has 0 aliphatic carbocycles. The number of amides is 1. The maximum atomic E-state index is 11.9. The maximum absolute atomic E-state index is 11.9. The van der Waals surface area contributed by atoms with E-state index in [2.05, 4.69) is 6.92 Å². The average molecular weight is 263 g/mol. The molecule has 1 aromatic carbocycles. The molecule has 1 N–H and O–H groups in total. The number of carbonyl (C=O) groups excluding carboxylic acids is 1. The molecule has 1 aromatic rings. The smallest absolute Gasteiger partial charge is 0.323 e. The van der Waals surface area contributed by atoms with Gasteiger partial charge in [-0.05, 0) is 24.8 Å². The first kappa shape index (κ1) is 15.2. The molecule has 0 saturated heterocycles. The van der Waals surface area contributed by atoms with Crippen LogP contribution >= 0.6 is 0 Å². The molecule has 0 heterocycles. The van der Waals surface area contributed by atoms with Gasteiger partial charge < -0.3 is 10.0 Å². The summed E-state index contributed by atoms with van der Waals surface area (Å²) in [5, 5.41) is 8.73. The molecule has 1 unspecified atom stereocenters. The van der Waals surface area contributed by atoms with E-state index in [-0.39, 0.29) is 12.5 Å². The molecule has 0 aliphatic heterocycles. The van der Waals surface area contributed by atoms with E-state index in [0.29, 0.717) is 18.9 Å². The summed E-state index contributed by atoms with van der Waals surface area (Å²) >= 11 is 0. The summed E-state index contributed by atoms with van der Waals surface area (Å²) in [7, 11) is 0. The van der Waals surface area contributed by atoms with Crippen LogP contribution in [0.25, 0.3) is 0 Å². The van der Waals surface area contributed by atoms with Gasteiger partial charge in [0.1, 0.15) is 6.54 Å². The van der Waals surface area contributed by atoms with E-state index in [1.807, 2.05) is 30.3 Å². The number of hydrogen-bond donors (Lipinski definition) is 1. The van der Waals surface area contributed by atoms with Crippen molar-refractivity contribution >= 4 is 11.9 Å². The normalized spacial score (nSPS) is 11.9. The Balaban J connectivity index is 2.47. The summed E-state index contributed by atoms with van der Waals surface area (Å²) in [5.74, 6) is -0.757. The second-order valence-electron chi connectivity index (χ2n) is 4.65. The van der Waals surface area contributed by atoms with E-state index in [4.69, 9.17) is 5.11 Å². The quantitative estimate of drug-likeness (QED) is 0.822. The SMILES string of the molecule is CCN(CC(=O)O)C(=O)CCC(C)c1ccccc1. The van der Waals surface area contributed by atoms with Crippen molar-refractivity contribution in [1.82, 2.24) is 4.90 Å². The lowest BCUT2D eigenvalue weighted by atomic mass is 9.96. The number of aliphatic carboxylic acids is 1. The number of nitrogens with zero attached hydrogens (tertiary/aromatic N) is 1. The van der Waals surface area contributed by atoms with Crippen LogP contribution in [0.5, 0.6) is 0 Å².